The Bertz CT molecular complexity index is 1010. The molecule has 0 aromatic heterocycles. The molecule has 0 spiro atoms. The van der Waals surface area contributed by atoms with E-state index in [0.29, 0.717) is 17.9 Å². The van der Waals surface area contributed by atoms with E-state index >= 15 is 0 Å². The van der Waals surface area contributed by atoms with Crippen molar-refractivity contribution >= 4 is 17.6 Å². The maximum atomic E-state index is 13.7. The van der Waals surface area contributed by atoms with Crippen LogP contribution < -0.4 is 5.32 Å². The summed E-state index contributed by atoms with van der Waals surface area (Å²) in [5.41, 5.74) is 1.62. The van der Waals surface area contributed by atoms with Gasteiger partial charge in [-0.3, -0.25) is 14.4 Å². The van der Waals surface area contributed by atoms with Crippen LogP contribution in [0, 0.1) is 5.41 Å². The Balaban J connectivity index is 1.26. The Morgan fingerprint density at radius 3 is 2.38 bits per heavy atom. The first-order chi connectivity index (χ1) is 17.6. The number of likely N-dealkylation sites (tertiary alicyclic amines) is 2. The molecule has 4 aliphatic rings. The summed E-state index contributed by atoms with van der Waals surface area (Å²) >= 11 is 0. The van der Waals surface area contributed by atoms with Crippen molar-refractivity contribution in [1.29, 1.82) is 0 Å². The molecule has 4 atom stereocenters. The Labute approximate surface area is 220 Å². The van der Waals surface area contributed by atoms with Gasteiger partial charge in [-0.15, -0.1) is 0 Å². The maximum absolute atomic E-state index is 13.7. The minimum Gasteiger partial charge on any atom is -0.377 e. The Hall–Kier alpha value is -2.29. The predicted octanol–water partition coefficient (Wildman–Crippen LogP) is 2.76. The van der Waals surface area contributed by atoms with E-state index in [1.54, 1.807) is 12.0 Å². The third-order valence-corrected chi connectivity index (χ3v) is 8.38. The molecule has 2 amide bonds. The molecule has 1 aliphatic carbocycles. The fraction of sp³-hybridized carbons (Fsp3) is 0.690. The number of hydrogen-bond donors (Lipinski definition) is 1. The van der Waals surface area contributed by atoms with Crippen LogP contribution in [0.2, 0.25) is 0 Å². The molecule has 3 saturated heterocycles. The molecular formula is C29H41N3O5. The topological polar surface area (TPSA) is 88.2 Å². The van der Waals surface area contributed by atoms with E-state index in [0.717, 1.165) is 32.0 Å². The van der Waals surface area contributed by atoms with Crippen LogP contribution in [0.5, 0.6) is 0 Å². The van der Waals surface area contributed by atoms with E-state index in [9.17, 15) is 14.4 Å². The zero-order chi connectivity index (χ0) is 26.3. The summed E-state index contributed by atoms with van der Waals surface area (Å²) in [7, 11) is 1.57. The van der Waals surface area contributed by atoms with Crippen LogP contribution >= 0.6 is 0 Å². The first-order valence-electron chi connectivity index (χ1n) is 13.8. The van der Waals surface area contributed by atoms with Crippen LogP contribution in [-0.2, 0) is 19.1 Å². The molecular weight excluding hydrogens is 470 g/mol. The smallest absolute Gasteiger partial charge is 0.251 e. The quantitative estimate of drug-likeness (QED) is 0.606. The van der Waals surface area contributed by atoms with E-state index < -0.39 is 18.2 Å². The number of methoxy groups -OCH3 is 1. The molecule has 4 fully saturated rings. The molecule has 3 aliphatic heterocycles. The van der Waals surface area contributed by atoms with Gasteiger partial charge < -0.3 is 24.6 Å². The van der Waals surface area contributed by atoms with Gasteiger partial charge in [0, 0.05) is 18.7 Å². The third kappa shape index (κ3) is 5.76. The fourth-order valence-electron chi connectivity index (χ4n) is 6.25. The number of nitrogens with one attached hydrogen (secondary N) is 1. The summed E-state index contributed by atoms with van der Waals surface area (Å²) in [6.45, 7) is 8.70. The summed E-state index contributed by atoms with van der Waals surface area (Å²) in [4.78, 5) is 43.7. The molecule has 3 heterocycles. The lowest BCUT2D eigenvalue weighted by Gasteiger charge is -2.32. The molecule has 1 N–H and O–H groups in total. The van der Waals surface area contributed by atoms with Crippen LogP contribution in [-0.4, -0.2) is 91.1 Å². The number of nitrogens with zero attached hydrogens (tertiary/aromatic N) is 2. The van der Waals surface area contributed by atoms with E-state index in [4.69, 9.17) is 9.47 Å². The maximum Gasteiger partial charge on any atom is 0.251 e. The highest BCUT2D eigenvalue weighted by Gasteiger charge is 2.53. The van der Waals surface area contributed by atoms with Crippen molar-refractivity contribution in [2.75, 3.05) is 33.4 Å². The second-order valence-corrected chi connectivity index (χ2v) is 12.4. The first kappa shape index (κ1) is 26.3. The number of ether oxygens (including phenoxy) is 2. The minimum atomic E-state index is -0.747. The molecule has 37 heavy (non-hydrogen) atoms. The summed E-state index contributed by atoms with van der Waals surface area (Å²) in [5, 5.41) is 2.99. The SMILES string of the molecule is CO[C@H]1CN(C(=O)C(CC(C)(C)C)NC(=O)c2ccc(C3CCN(C4CC4)CC3)cc2)[C@@H]2C(=O)CO[C@H]12. The normalized spacial score (nSPS) is 27.8. The van der Waals surface area contributed by atoms with Crippen LogP contribution in [0.4, 0.5) is 0 Å². The van der Waals surface area contributed by atoms with Crippen LogP contribution in [0.1, 0.15) is 74.7 Å². The van der Waals surface area contributed by atoms with Crippen LogP contribution in [0.25, 0.3) is 0 Å². The van der Waals surface area contributed by atoms with Gasteiger partial charge in [-0.25, -0.2) is 0 Å². The largest absolute Gasteiger partial charge is 0.377 e. The van der Waals surface area contributed by atoms with Gasteiger partial charge in [0.1, 0.15) is 30.9 Å². The van der Waals surface area contributed by atoms with Crippen LogP contribution in [0.15, 0.2) is 24.3 Å². The molecule has 1 saturated carbocycles. The standard InChI is InChI=1S/C29H41N3O5/c1-29(2,3)15-22(28(35)32-16-24(36-4)26-25(32)23(33)17-37-26)30-27(34)20-7-5-18(6-8-20)19-11-13-31(14-12-19)21-9-10-21/h5-8,19,21-22,24-26H,9-17H2,1-4H3,(H,30,34)/t22?,24-,25+,26+/m0/s1. The number of fused-ring (bicyclic) bond motifs is 1. The van der Waals surface area contributed by atoms with Gasteiger partial charge in [0.25, 0.3) is 5.91 Å². The number of amides is 2. The van der Waals surface area contributed by atoms with Gasteiger partial charge >= 0.3 is 0 Å². The van der Waals surface area contributed by atoms with E-state index in [1.165, 1.54) is 18.4 Å². The molecule has 8 nitrogen and oxygen atoms in total. The minimum absolute atomic E-state index is 0.0127. The van der Waals surface area contributed by atoms with Gasteiger partial charge in [0.2, 0.25) is 5.91 Å². The van der Waals surface area contributed by atoms with Gasteiger partial charge in [0.15, 0.2) is 5.78 Å². The zero-order valence-corrected chi connectivity index (χ0v) is 22.6. The molecule has 5 rings (SSSR count). The number of rotatable bonds is 7. The molecule has 1 aromatic carbocycles. The summed E-state index contributed by atoms with van der Waals surface area (Å²) in [6.07, 6.45) is 4.67. The average molecular weight is 512 g/mol. The summed E-state index contributed by atoms with van der Waals surface area (Å²) in [5.74, 6) is -0.107. The number of Topliss-reactive ketones (excluding diaryl/α,β-unsaturated/α-hetero) is 1. The van der Waals surface area contributed by atoms with Crippen molar-refractivity contribution in [1.82, 2.24) is 15.1 Å². The van der Waals surface area contributed by atoms with Crippen LogP contribution in [0.3, 0.4) is 0 Å². The number of ketones is 1. The average Bonchev–Trinajstić information content (AvgIpc) is 3.56. The second kappa shape index (κ2) is 10.5. The Kier molecular flexibility index (Phi) is 7.44. The number of carbonyl (C=O) groups is 3. The highest BCUT2D eigenvalue weighted by Crippen LogP contribution is 2.35. The molecule has 0 bridgehead atoms. The monoisotopic (exact) mass is 511 g/mol. The lowest BCUT2D eigenvalue weighted by atomic mass is 9.87. The van der Waals surface area contributed by atoms with E-state index in [1.807, 2.05) is 32.9 Å². The fourth-order valence-corrected chi connectivity index (χ4v) is 6.25. The Morgan fingerprint density at radius 1 is 1.11 bits per heavy atom. The molecule has 8 heteroatoms. The lowest BCUT2D eigenvalue weighted by Crippen LogP contribution is -2.53. The zero-order valence-electron chi connectivity index (χ0n) is 22.6. The predicted molar refractivity (Wildman–Crippen MR) is 139 cm³/mol. The number of benzene rings is 1. The van der Waals surface area contributed by atoms with Crippen molar-refractivity contribution in [3.63, 3.8) is 0 Å². The van der Waals surface area contributed by atoms with Crippen molar-refractivity contribution in [3.8, 4) is 0 Å². The number of piperidine rings is 1. The van der Waals surface area contributed by atoms with Gasteiger partial charge in [0.05, 0.1) is 6.54 Å². The third-order valence-electron chi connectivity index (χ3n) is 8.38. The Morgan fingerprint density at radius 2 is 1.78 bits per heavy atom. The van der Waals surface area contributed by atoms with Gasteiger partial charge in [-0.05, 0) is 74.2 Å². The first-order valence-corrected chi connectivity index (χ1v) is 13.8. The van der Waals surface area contributed by atoms with Crippen molar-refractivity contribution < 1.29 is 23.9 Å². The number of hydrogen-bond acceptors (Lipinski definition) is 6. The van der Waals surface area contributed by atoms with Crippen molar-refractivity contribution in [2.45, 2.75) is 89.1 Å². The summed E-state index contributed by atoms with van der Waals surface area (Å²) in [6, 6.07) is 7.30. The van der Waals surface area contributed by atoms with Crippen molar-refractivity contribution in [2.24, 2.45) is 5.41 Å². The van der Waals surface area contributed by atoms with Crippen molar-refractivity contribution in [3.05, 3.63) is 35.4 Å². The molecule has 202 valence electrons. The van der Waals surface area contributed by atoms with Gasteiger partial charge in [-0.2, -0.15) is 0 Å². The lowest BCUT2D eigenvalue weighted by molar-refractivity contribution is -0.138. The summed E-state index contributed by atoms with van der Waals surface area (Å²) < 4.78 is 11.1. The number of carbonyl (C=O) groups excluding carboxylic acids is 3. The molecule has 0 radical (unpaired) electrons. The highest BCUT2D eigenvalue weighted by atomic mass is 16.5. The second-order valence-electron chi connectivity index (χ2n) is 12.4. The van der Waals surface area contributed by atoms with E-state index in [-0.39, 0.29) is 42.3 Å². The van der Waals surface area contributed by atoms with E-state index in [2.05, 4.69) is 22.3 Å². The molecule has 1 unspecified atom stereocenters. The highest BCUT2D eigenvalue weighted by molar-refractivity contribution is 5.99. The molecule has 1 aromatic rings. The van der Waals surface area contributed by atoms with Gasteiger partial charge in [-0.1, -0.05) is 32.9 Å².